The zero-order valence-electron chi connectivity index (χ0n) is 7.16. The molecule has 1 N–H and O–H groups in total. The number of rotatable bonds is 4. The number of esters is 1. The molecule has 0 aliphatic heterocycles. The van der Waals surface area contributed by atoms with Gasteiger partial charge < -0.3 is 9.84 Å². The van der Waals surface area contributed by atoms with Crippen molar-refractivity contribution in [2.75, 3.05) is 7.11 Å². The summed E-state index contributed by atoms with van der Waals surface area (Å²) in [6.45, 7) is 1.90. The predicted molar refractivity (Wildman–Crippen MR) is 42.6 cm³/mol. The normalized spacial score (nSPS) is 11.0. The Hall–Kier alpha value is -1.32. The van der Waals surface area contributed by atoms with Crippen molar-refractivity contribution in [3.63, 3.8) is 0 Å². The first-order chi connectivity index (χ1) is 5.63. The summed E-state index contributed by atoms with van der Waals surface area (Å²) in [6, 6.07) is 0. The van der Waals surface area contributed by atoms with Gasteiger partial charge in [-0.05, 0) is 6.42 Å². The second kappa shape index (κ2) is 5.35. The summed E-state index contributed by atoms with van der Waals surface area (Å²) in [7, 11) is 1.16. The number of aliphatic carboxylic acids is 1. The van der Waals surface area contributed by atoms with Gasteiger partial charge in [0.05, 0.1) is 7.11 Å². The summed E-state index contributed by atoms with van der Waals surface area (Å²) in [5.41, 5.74) is -0.292. The van der Waals surface area contributed by atoms with Crippen molar-refractivity contribution >= 4 is 11.9 Å². The van der Waals surface area contributed by atoms with E-state index in [4.69, 9.17) is 5.11 Å². The fourth-order valence-corrected chi connectivity index (χ4v) is 0.657. The average molecular weight is 172 g/mol. The Kier molecular flexibility index (Phi) is 4.76. The van der Waals surface area contributed by atoms with Gasteiger partial charge >= 0.3 is 11.9 Å². The Bertz CT molecular complexity index is 205. The summed E-state index contributed by atoms with van der Waals surface area (Å²) in [5.74, 6) is -2.04. The highest BCUT2D eigenvalue weighted by atomic mass is 16.5. The van der Waals surface area contributed by atoms with Gasteiger partial charge in [-0.25, -0.2) is 9.59 Å². The van der Waals surface area contributed by atoms with Crippen LogP contribution in [0.2, 0.25) is 0 Å². The molecule has 0 atom stereocenters. The molecule has 0 heterocycles. The van der Waals surface area contributed by atoms with Crippen molar-refractivity contribution < 1.29 is 19.4 Å². The molecule has 0 saturated carbocycles. The summed E-state index contributed by atoms with van der Waals surface area (Å²) in [5, 5.41) is 8.53. The first kappa shape index (κ1) is 10.7. The molecule has 0 aliphatic carbocycles. The van der Waals surface area contributed by atoms with Gasteiger partial charge in [0.25, 0.3) is 0 Å². The third-order valence-corrected chi connectivity index (χ3v) is 1.27. The van der Waals surface area contributed by atoms with Crippen LogP contribution >= 0.6 is 0 Å². The molecule has 0 spiro atoms. The highest BCUT2D eigenvalue weighted by molar-refractivity contribution is 6.13. The highest BCUT2D eigenvalue weighted by Crippen LogP contribution is 2.01. The van der Waals surface area contributed by atoms with Crippen LogP contribution in [-0.2, 0) is 14.3 Å². The van der Waals surface area contributed by atoms with Crippen LogP contribution in [0.4, 0.5) is 0 Å². The van der Waals surface area contributed by atoms with E-state index in [2.05, 4.69) is 4.74 Å². The van der Waals surface area contributed by atoms with Crippen molar-refractivity contribution in [2.24, 2.45) is 0 Å². The van der Waals surface area contributed by atoms with Gasteiger partial charge in [-0.2, -0.15) is 0 Å². The summed E-state index contributed by atoms with van der Waals surface area (Å²) in [4.78, 5) is 21.2. The van der Waals surface area contributed by atoms with Crippen LogP contribution in [0.1, 0.15) is 19.8 Å². The number of methoxy groups -OCH3 is 1. The van der Waals surface area contributed by atoms with E-state index in [1.165, 1.54) is 6.08 Å². The number of hydrogen-bond donors (Lipinski definition) is 1. The van der Waals surface area contributed by atoms with Crippen LogP contribution in [0.15, 0.2) is 11.6 Å². The van der Waals surface area contributed by atoms with E-state index >= 15 is 0 Å². The average Bonchev–Trinajstić information content (AvgIpc) is 2.04. The van der Waals surface area contributed by atoms with E-state index in [-0.39, 0.29) is 5.57 Å². The second-order valence-corrected chi connectivity index (χ2v) is 2.20. The van der Waals surface area contributed by atoms with E-state index in [0.29, 0.717) is 6.42 Å². The Morgan fingerprint density at radius 2 is 2.08 bits per heavy atom. The van der Waals surface area contributed by atoms with Crippen LogP contribution in [0, 0.1) is 0 Å². The van der Waals surface area contributed by atoms with Gasteiger partial charge in [-0.3, -0.25) is 0 Å². The summed E-state index contributed by atoms with van der Waals surface area (Å²) < 4.78 is 4.28. The lowest BCUT2D eigenvalue weighted by Crippen LogP contribution is -2.13. The molecule has 0 fully saturated rings. The van der Waals surface area contributed by atoms with E-state index < -0.39 is 11.9 Å². The van der Waals surface area contributed by atoms with Gasteiger partial charge in [0.15, 0.2) is 0 Å². The van der Waals surface area contributed by atoms with Gasteiger partial charge in [0.1, 0.15) is 5.57 Å². The third kappa shape index (κ3) is 3.18. The lowest BCUT2D eigenvalue weighted by Gasteiger charge is -1.98. The number of hydrogen-bond acceptors (Lipinski definition) is 3. The minimum atomic E-state index is -1.24. The molecule has 0 aromatic rings. The second-order valence-electron chi connectivity index (χ2n) is 2.20. The van der Waals surface area contributed by atoms with Crippen LogP contribution < -0.4 is 0 Å². The fraction of sp³-hybridized carbons (Fsp3) is 0.500. The Labute approximate surface area is 70.8 Å². The van der Waals surface area contributed by atoms with Gasteiger partial charge in [0, 0.05) is 0 Å². The van der Waals surface area contributed by atoms with Gasteiger partial charge in [-0.15, -0.1) is 0 Å². The first-order valence-electron chi connectivity index (χ1n) is 3.65. The maximum atomic E-state index is 10.8. The lowest BCUT2D eigenvalue weighted by molar-refractivity contribution is -0.142. The molecule has 0 aliphatic rings. The molecular formula is C8H12O4. The molecule has 0 unspecified atom stereocenters. The van der Waals surface area contributed by atoms with E-state index in [1.54, 1.807) is 0 Å². The Morgan fingerprint density at radius 3 is 2.42 bits per heavy atom. The number of unbranched alkanes of at least 4 members (excludes halogenated alkanes) is 1. The smallest absolute Gasteiger partial charge is 0.344 e. The highest BCUT2D eigenvalue weighted by Gasteiger charge is 2.16. The Morgan fingerprint density at radius 1 is 1.50 bits per heavy atom. The number of ether oxygens (including phenoxy) is 1. The molecule has 0 saturated heterocycles. The van der Waals surface area contributed by atoms with Gasteiger partial charge in [0.2, 0.25) is 0 Å². The SMILES string of the molecule is CCCC=C(C(=O)O)C(=O)OC. The van der Waals surface area contributed by atoms with E-state index in [1.807, 2.05) is 6.92 Å². The minimum Gasteiger partial charge on any atom is -0.477 e. The minimum absolute atomic E-state index is 0.292. The lowest BCUT2D eigenvalue weighted by atomic mass is 10.2. The third-order valence-electron chi connectivity index (χ3n) is 1.27. The molecule has 68 valence electrons. The predicted octanol–water partition coefficient (Wildman–Crippen LogP) is 0.970. The standard InChI is InChI=1S/C8H12O4/c1-3-4-5-6(7(9)10)8(11)12-2/h5H,3-4H2,1-2H3,(H,9,10). The molecule has 0 bridgehead atoms. The maximum Gasteiger partial charge on any atom is 0.344 e. The maximum absolute atomic E-state index is 10.8. The van der Waals surface area contributed by atoms with Crippen LogP contribution in [0.25, 0.3) is 0 Å². The molecular weight excluding hydrogens is 160 g/mol. The van der Waals surface area contributed by atoms with Crippen LogP contribution in [-0.4, -0.2) is 24.2 Å². The molecule has 12 heavy (non-hydrogen) atoms. The summed E-state index contributed by atoms with van der Waals surface area (Å²) in [6.07, 6.45) is 2.73. The number of carbonyl (C=O) groups excluding carboxylic acids is 1. The van der Waals surface area contributed by atoms with Crippen molar-refractivity contribution in [1.82, 2.24) is 0 Å². The topological polar surface area (TPSA) is 63.6 Å². The quantitative estimate of drug-likeness (QED) is 0.297. The summed E-state index contributed by atoms with van der Waals surface area (Å²) >= 11 is 0. The monoisotopic (exact) mass is 172 g/mol. The van der Waals surface area contributed by atoms with Crippen molar-refractivity contribution in [2.45, 2.75) is 19.8 Å². The number of carboxylic acid groups (broad SMARTS) is 1. The van der Waals surface area contributed by atoms with E-state index in [9.17, 15) is 9.59 Å². The zero-order chi connectivity index (χ0) is 9.56. The molecule has 0 aromatic carbocycles. The molecule has 0 amide bonds. The largest absolute Gasteiger partial charge is 0.477 e. The van der Waals surface area contributed by atoms with Crippen molar-refractivity contribution in [3.05, 3.63) is 11.6 Å². The van der Waals surface area contributed by atoms with Crippen LogP contribution in [0.5, 0.6) is 0 Å². The van der Waals surface area contributed by atoms with Crippen molar-refractivity contribution in [3.8, 4) is 0 Å². The number of allylic oxidation sites excluding steroid dienone is 1. The van der Waals surface area contributed by atoms with Gasteiger partial charge in [-0.1, -0.05) is 19.4 Å². The zero-order valence-corrected chi connectivity index (χ0v) is 7.16. The number of carbonyl (C=O) groups is 2. The van der Waals surface area contributed by atoms with E-state index in [0.717, 1.165) is 13.5 Å². The number of carboxylic acids is 1. The molecule has 0 aromatic heterocycles. The molecule has 4 nitrogen and oxygen atoms in total. The molecule has 4 heteroatoms. The molecule has 0 rings (SSSR count). The first-order valence-corrected chi connectivity index (χ1v) is 3.65. The van der Waals surface area contributed by atoms with Crippen LogP contribution in [0.3, 0.4) is 0 Å². The Balaban J connectivity index is 4.43. The van der Waals surface area contributed by atoms with Crippen molar-refractivity contribution in [1.29, 1.82) is 0 Å². The molecule has 0 radical (unpaired) electrons. The fourth-order valence-electron chi connectivity index (χ4n) is 0.657.